The maximum Gasteiger partial charge on any atom is 0.166 e. The zero-order chi connectivity index (χ0) is 13.0. The van der Waals surface area contributed by atoms with Crippen molar-refractivity contribution in [2.45, 2.75) is 6.61 Å². The molecule has 3 nitrogen and oxygen atoms in total. The zero-order valence-electron chi connectivity index (χ0n) is 9.43. The van der Waals surface area contributed by atoms with Crippen LogP contribution in [-0.4, -0.2) is 5.11 Å². The summed E-state index contributed by atoms with van der Waals surface area (Å²) >= 11 is 0. The van der Waals surface area contributed by atoms with Crippen LogP contribution in [0.25, 0.3) is 0 Å². The van der Waals surface area contributed by atoms with Crippen molar-refractivity contribution < 1.29 is 14.2 Å². The fraction of sp³-hybridized carbons (Fsp3) is 0.0714. The van der Waals surface area contributed by atoms with E-state index in [9.17, 15) is 4.39 Å². The Morgan fingerprint density at radius 1 is 1.17 bits per heavy atom. The molecule has 0 saturated heterocycles. The quantitative estimate of drug-likeness (QED) is 0.901. The first-order chi connectivity index (χ1) is 8.69. The van der Waals surface area contributed by atoms with E-state index in [0.717, 1.165) is 11.6 Å². The summed E-state index contributed by atoms with van der Waals surface area (Å²) in [6, 6.07) is 12.4. The first kappa shape index (κ1) is 11.9. The first-order valence-electron chi connectivity index (χ1n) is 5.29. The largest absolute Gasteiger partial charge is 0.508 e. The highest BCUT2D eigenvalue weighted by Crippen LogP contribution is 2.19. The molecular weight excluding hydrogens is 233 g/mol. The second kappa shape index (κ2) is 5.19. The third-order valence-electron chi connectivity index (χ3n) is 2.39. The lowest BCUT2D eigenvalue weighted by atomic mass is 10.2. The molecule has 2 aromatic rings. The molecule has 0 heterocycles. The smallest absolute Gasteiger partial charge is 0.166 e. The molecule has 1 N–H and O–H groups in total. The maximum atomic E-state index is 13.5. The number of ether oxygens (including phenoxy) is 1. The van der Waals surface area contributed by atoms with Crippen LogP contribution in [0.3, 0.4) is 0 Å². The van der Waals surface area contributed by atoms with E-state index in [1.54, 1.807) is 12.1 Å². The Labute approximate surface area is 104 Å². The monoisotopic (exact) mass is 243 g/mol. The molecular formula is C14H10FNO2. The van der Waals surface area contributed by atoms with Gasteiger partial charge in [0.1, 0.15) is 12.4 Å². The van der Waals surface area contributed by atoms with Crippen LogP contribution < -0.4 is 4.74 Å². The number of phenolic OH excluding ortho intramolecular Hbond substituents is 1. The standard InChI is InChI=1S/C14H10FNO2/c15-13-7-11(8-16)3-6-14(13)18-9-10-1-4-12(17)5-2-10/h1-7,17H,9H2. The minimum atomic E-state index is -0.562. The molecule has 0 aliphatic rings. The van der Waals surface area contributed by atoms with E-state index in [1.165, 1.54) is 24.3 Å². The summed E-state index contributed by atoms with van der Waals surface area (Å²) in [5.41, 5.74) is 1.07. The van der Waals surface area contributed by atoms with Gasteiger partial charge in [-0.05, 0) is 35.9 Å². The first-order valence-corrected chi connectivity index (χ1v) is 5.29. The molecule has 18 heavy (non-hydrogen) atoms. The van der Waals surface area contributed by atoms with Crippen molar-refractivity contribution in [1.82, 2.24) is 0 Å². The number of hydrogen-bond acceptors (Lipinski definition) is 3. The van der Waals surface area contributed by atoms with E-state index in [1.807, 2.05) is 6.07 Å². The van der Waals surface area contributed by atoms with E-state index >= 15 is 0 Å². The van der Waals surface area contributed by atoms with Gasteiger partial charge < -0.3 is 9.84 Å². The van der Waals surface area contributed by atoms with Gasteiger partial charge in [-0.3, -0.25) is 0 Å². The molecule has 0 unspecified atom stereocenters. The van der Waals surface area contributed by atoms with Gasteiger partial charge in [-0.1, -0.05) is 12.1 Å². The number of phenols is 1. The van der Waals surface area contributed by atoms with Crippen LogP contribution >= 0.6 is 0 Å². The highest BCUT2D eigenvalue weighted by Gasteiger charge is 2.05. The minimum Gasteiger partial charge on any atom is -0.508 e. The van der Waals surface area contributed by atoms with Gasteiger partial charge in [0.15, 0.2) is 11.6 Å². The van der Waals surface area contributed by atoms with E-state index in [-0.39, 0.29) is 23.7 Å². The van der Waals surface area contributed by atoms with Crippen LogP contribution in [0.2, 0.25) is 0 Å². The number of aromatic hydroxyl groups is 1. The molecule has 90 valence electrons. The molecule has 0 atom stereocenters. The van der Waals surface area contributed by atoms with Crippen molar-refractivity contribution in [2.75, 3.05) is 0 Å². The molecule has 0 bridgehead atoms. The van der Waals surface area contributed by atoms with Crippen LogP contribution in [0.15, 0.2) is 42.5 Å². The number of nitrogens with zero attached hydrogens (tertiary/aromatic N) is 1. The van der Waals surface area contributed by atoms with Crippen molar-refractivity contribution in [1.29, 1.82) is 5.26 Å². The Morgan fingerprint density at radius 3 is 2.50 bits per heavy atom. The molecule has 0 spiro atoms. The SMILES string of the molecule is N#Cc1ccc(OCc2ccc(O)cc2)c(F)c1. The van der Waals surface area contributed by atoms with Gasteiger partial charge in [0.25, 0.3) is 0 Å². The Bertz CT molecular complexity index is 588. The molecule has 0 fully saturated rings. The van der Waals surface area contributed by atoms with E-state index in [2.05, 4.69) is 0 Å². The number of nitriles is 1. The topological polar surface area (TPSA) is 53.2 Å². The Kier molecular flexibility index (Phi) is 3.44. The predicted molar refractivity (Wildman–Crippen MR) is 63.6 cm³/mol. The maximum absolute atomic E-state index is 13.5. The van der Waals surface area contributed by atoms with Crippen molar-refractivity contribution in [3.05, 3.63) is 59.4 Å². The lowest BCUT2D eigenvalue weighted by molar-refractivity contribution is 0.290. The third-order valence-corrected chi connectivity index (χ3v) is 2.39. The van der Waals surface area contributed by atoms with Crippen molar-refractivity contribution in [3.63, 3.8) is 0 Å². The zero-order valence-corrected chi connectivity index (χ0v) is 9.43. The molecule has 0 aliphatic carbocycles. The molecule has 0 aliphatic heterocycles. The lowest BCUT2D eigenvalue weighted by Crippen LogP contribution is -1.97. The van der Waals surface area contributed by atoms with E-state index in [4.69, 9.17) is 15.1 Å². The average Bonchev–Trinajstić information content (AvgIpc) is 2.39. The fourth-order valence-corrected chi connectivity index (χ4v) is 1.44. The minimum absolute atomic E-state index is 0.0991. The molecule has 2 rings (SSSR count). The number of benzene rings is 2. The number of hydrogen-bond donors (Lipinski definition) is 1. The summed E-state index contributed by atoms with van der Waals surface area (Å²) in [6.07, 6.45) is 0. The number of halogens is 1. The summed E-state index contributed by atoms with van der Waals surface area (Å²) < 4.78 is 18.8. The van der Waals surface area contributed by atoms with Crippen molar-refractivity contribution in [2.24, 2.45) is 0 Å². The highest BCUT2D eigenvalue weighted by atomic mass is 19.1. The second-order valence-corrected chi connectivity index (χ2v) is 3.71. The molecule has 2 aromatic carbocycles. The van der Waals surface area contributed by atoms with Crippen molar-refractivity contribution >= 4 is 0 Å². The molecule has 4 heteroatoms. The molecule has 0 aromatic heterocycles. The van der Waals surface area contributed by atoms with Gasteiger partial charge in [0.05, 0.1) is 11.6 Å². The van der Waals surface area contributed by atoms with Crippen LogP contribution in [0.1, 0.15) is 11.1 Å². The summed E-state index contributed by atoms with van der Waals surface area (Å²) in [4.78, 5) is 0. The summed E-state index contributed by atoms with van der Waals surface area (Å²) in [5, 5.41) is 17.7. The van der Waals surface area contributed by atoms with Crippen molar-refractivity contribution in [3.8, 4) is 17.6 Å². The van der Waals surface area contributed by atoms with Gasteiger partial charge in [-0.25, -0.2) is 4.39 Å². The second-order valence-electron chi connectivity index (χ2n) is 3.71. The highest BCUT2D eigenvalue weighted by molar-refractivity contribution is 5.36. The lowest BCUT2D eigenvalue weighted by Gasteiger charge is -2.07. The average molecular weight is 243 g/mol. The molecule has 0 amide bonds. The fourth-order valence-electron chi connectivity index (χ4n) is 1.44. The van der Waals surface area contributed by atoms with Crippen LogP contribution in [0, 0.1) is 17.1 Å². The normalized spacial score (nSPS) is 9.78. The van der Waals surface area contributed by atoms with E-state index in [0.29, 0.717) is 0 Å². The van der Waals surface area contributed by atoms with Gasteiger partial charge in [-0.2, -0.15) is 5.26 Å². The van der Waals surface area contributed by atoms with Gasteiger partial charge in [0.2, 0.25) is 0 Å². The Morgan fingerprint density at radius 2 is 1.89 bits per heavy atom. The van der Waals surface area contributed by atoms with Crippen LogP contribution in [0.5, 0.6) is 11.5 Å². The molecule has 0 radical (unpaired) electrons. The Hall–Kier alpha value is -2.54. The summed E-state index contributed by atoms with van der Waals surface area (Å²) in [7, 11) is 0. The van der Waals surface area contributed by atoms with Gasteiger partial charge in [0, 0.05) is 0 Å². The van der Waals surface area contributed by atoms with Crippen LogP contribution in [0.4, 0.5) is 4.39 Å². The third kappa shape index (κ3) is 2.77. The summed E-state index contributed by atoms with van der Waals surface area (Å²) in [5.74, 6) is -0.293. The Balaban J connectivity index is 2.06. The van der Waals surface area contributed by atoms with Crippen LogP contribution in [-0.2, 0) is 6.61 Å². The molecule has 0 saturated carbocycles. The van der Waals surface area contributed by atoms with Gasteiger partial charge in [-0.15, -0.1) is 0 Å². The van der Waals surface area contributed by atoms with E-state index < -0.39 is 5.82 Å². The number of rotatable bonds is 3. The summed E-state index contributed by atoms with van der Waals surface area (Å²) in [6.45, 7) is 0.198. The predicted octanol–water partition coefficient (Wildman–Crippen LogP) is 2.98. The van der Waals surface area contributed by atoms with Gasteiger partial charge >= 0.3 is 0 Å².